The quantitative estimate of drug-likeness (QED) is 0.336. The molecule has 0 radical (unpaired) electrons. The van der Waals surface area contributed by atoms with E-state index in [1.807, 2.05) is 42.5 Å². The number of H-pyrrole nitrogens is 1. The number of fused-ring (bicyclic) bond motifs is 1. The Bertz CT molecular complexity index is 1270. The van der Waals surface area contributed by atoms with Gasteiger partial charge in [-0.05, 0) is 47.7 Å². The van der Waals surface area contributed by atoms with Crippen molar-refractivity contribution in [3.05, 3.63) is 70.1 Å². The zero-order valence-electron chi connectivity index (χ0n) is 18.8. The number of aromatic amines is 1. The predicted octanol–water partition coefficient (Wildman–Crippen LogP) is 5.19. The third kappa shape index (κ3) is 4.90. The lowest BCUT2D eigenvalue weighted by atomic mass is 10.0. The van der Waals surface area contributed by atoms with Crippen molar-refractivity contribution in [1.82, 2.24) is 10.2 Å². The molecule has 2 amide bonds. The molecule has 33 heavy (non-hydrogen) atoms. The van der Waals surface area contributed by atoms with Gasteiger partial charge in [-0.1, -0.05) is 44.2 Å². The minimum Gasteiger partial charge on any atom is -0.497 e. The lowest BCUT2D eigenvalue weighted by Gasteiger charge is -2.13. The number of methoxy groups -OCH3 is 1. The molecule has 2 aromatic carbocycles. The zero-order chi connectivity index (χ0) is 23.4. The highest BCUT2D eigenvalue weighted by Crippen LogP contribution is 2.31. The summed E-state index contributed by atoms with van der Waals surface area (Å²) in [6.07, 6.45) is 1.89. The third-order valence-electron chi connectivity index (χ3n) is 5.50. The number of anilines is 2. The van der Waals surface area contributed by atoms with Gasteiger partial charge in [-0.3, -0.25) is 14.7 Å². The Hall–Kier alpha value is -3.65. The number of aryl methyl sites for hydroxylation is 2. The highest BCUT2D eigenvalue weighted by molar-refractivity contribution is 7.20. The number of aromatic nitrogens is 2. The van der Waals surface area contributed by atoms with E-state index >= 15 is 0 Å². The van der Waals surface area contributed by atoms with Crippen LogP contribution in [0.2, 0.25) is 0 Å². The Kier molecular flexibility index (Phi) is 6.74. The number of benzene rings is 2. The summed E-state index contributed by atoms with van der Waals surface area (Å²) in [4.78, 5) is 26.8. The van der Waals surface area contributed by atoms with Crippen molar-refractivity contribution in [2.24, 2.45) is 0 Å². The Labute approximate surface area is 196 Å². The van der Waals surface area contributed by atoms with Gasteiger partial charge in [0.1, 0.15) is 16.4 Å². The second-order valence-electron chi connectivity index (χ2n) is 7.61. The molecule has 0 aliphatic heterocycles. The van der Waals surface area contributed by atoms with Crippen molar-refractivity contribution in [2.75, 3.05) is 17.7 Å². The second-order valence-corrected chi connectivity index (χ2v) is 8.64. The Morgan fingerprint density at radius 2 is 1.73 bits per heavy atom. The van der Waals surface area contributed by atoms with Gasteiger partial charge >= 0.3 is 0 Å². The van der Waals surface area contributed by atoms with Gasteiger partial charge in [0.25, 0.3) is 5.91 Å². The van der Waals surface area contributed by atoms with Crippen molar-refractivity contribution in [3.8, 4) is 5.75 Å². The van der Waals surface area contributed by atoms with Crippen LogP contribution < -0.4 is 15.4 Å². The minimum absolute atomic E-state index is 0.174. The maximum atomic E-state index is 13.0. The Morgan fingerprint density at radius 3 is 2.36 bits per heavy atom. The van der Waals surface area contributed by atoms with Gasteiger partial charge in [-0.15, -0.1) is 11.3 Å². The number of rotatable bonds is 8. The first-order valence-corrected chi connectivity index (χ1v) is 11.7. The fourth-order valence-electron chi connectivity index (χ4n) is 3.71. The first-order chi connectivity index (χ1) is 16.0. The molecule has 4 rings (SSSR count). The molecule has 0 bridgehead atoms. The SMILES string of the molecule is CCc1cccc(CC)c1NC(=O)c1cc2c(NC(=O)Cc3ccc(OC)cc3)[nH]nc2s1. The summed E-state index contributed by atoms with van der Waals surface area (Å²) in [6.45, 7) is 4.15. The van der Waals surface area contributed by atoms with Crippen LogP contribution in [0.3, 0.4) is 0 Å². The van der Waals surface area contributed by atoms with E-state index in [1.165, 1.54) is 11.3 Å². The number of carbonyl (C=O) groups excluding carboxylic acids is 2. The molecule has 170 valence electrons. The number of nitrogens with one attached hydrogen (secondary N) is 3. The molecule has 0 spiro atoms. The van der Waals surface area contributed by atoms with Crippen LogP contribution >= 0.6 is 11.3 Å². The van der Waals surface area contributed by atoms with Gasteiger partial charge in [0.15, 0.2) is 0 Å². The molecule has 0 saturated heterocycles. The number of nitrogens with zero attached hydrogens (tertiary/aromatic N) is 1. The van der Waals surface area contributed by atoms with Crippen molar-refractivity contribution in [3.63, 3.8) is 0 Å². The molecular formula is C25H26N4O3S. The smallest absolute Gasteiger partial charge is 0.265 e. The monoisotopic (exact) mass is 462 g/mol. The molecule has 7 nitrogen and oxygen atoms in total. The third-order valence-corrected chi connectivity index (χ3v) is 6.53. The standard InChI is InChI=1S/C25H26N4O3S/c1-4-16-7-6-8-17(5-2)22(16)27-24(31)20-14-19-23(28-29-25(19)33-20)26-21(30)13-15-9-11-18(32-3)12-10-15/h6-12,14H,4-5,13H2,1-3H3,(H,27,31)(H2,26,28,29,30). The number of carbonyl (C=O) groups is 2. The van der Waals surface area contributed by atoms with Crippen LogP contribution in [0.25, 0.3) is 10.2 Å². The van der Waals surface area contributed by atoms with E-state index in [1.54, 1.807) is 13.2 Å². The van der Waals surface area contributed by atoms with Gasteiger partial charge in [0.2, 0.25) is 5.91 Å². The van der Waals surface area contributed by atoms with Crippen LogP contribution in [-0.4, -0.2) is 29.1 Å². The lowest BCUT2D eigenvalue weighted by Crippen LogP contribution is -2.15. The van der Waals surface area contributed by atoms with Gasteiger partial charge in [0.05, 0.1) is 23.8 Å². The minimum atomic E-state index is -0.177. The molecule has 2 heterocycles. The highest BCUT2D eigenvalue weighted by atomic mass is 32.1. The summed E-state index contributed by atoms with van der Waals surface area (Å²) in [5.41, 5.74) is 3.97. The molecule has 0 atom stereocenters. The molecule has 0 aliphatic carbocycles. The Morgan fingerprint density at radius 1 is 1.03 bits per heavy atom. The maximum Gasteiger partial charge on any atom is 0.265 e. The van der Waals surface area contributed by atoms with Crippen molar-refractivity contribution in [2.45, 2.75) is 33.1 Å². The molecule has 0 saturated carbocycles. The Balaban J connectivity index is 1.49. The maximum absolute atomic E-state index is 13.0. The first-order valence-electron chi connectivity index (χ1n) is 10.8. The second kappa shape index (κ2) is 9.87. The first kappa shape index (κ1) is 22.5. The summed E-state index contributed by atoms with van der Waals surface area (Å²) in [5.74, 6) is 0.879. The van der Waals surface area contributed by atoms with E-state index in [0.29, 0.717) is 20.9 Å². The molecule has 8 heteroatoms. The normalized spacial score (nSPS) is 10.9. The number of amides is 2. The summed E-state index contributed by atoms with van der Waals surface area (Å²) in [6, 6.07) is 15.2. The van der Waals surface area contributed by atoms with E-state index in [2.05, 4.69) is 34.7 Å². The van der Waals surface area contributed by atoms with Crippen LogP contribution in [0.15, 0.2) is 48.5 Å². The van der Waals surface area contributed by atoms with Crippen LogP contribution in [-0.2, 0) is 24.1 Å². The number of hydrogen-bond donors (Lipinski definition) is 3. The molecule has 2 aromatic heterocycles. The molecule has 0 aliphatic rings. The number of thiophene rings is 1. The summed E-state index contributed by atoms with van der Waals surface area (Å²) >= 11 is 1.29. The predicted molar refractivity (Wildman–Crippen MR) is 132 cm³/mol. The fraction of sp³-hybridized carbons (Fsp3) is 0.240. The number of hydrogen-bond acceptors (Lipinski definition) is 5. The van der Waals surface area contributed by atoms with Gasteiger partial charge < -0.3 is 15.4 Å². The van der Waals surface area contributed by atoms with Crippen molar-refractivity contribution in [1.29, 1.82) is 0 Å². The molecule has 0 fully saturated rings. The molecule has 4 aromatic rings. The zero-order valence-corrected chi connectivity index (χ0v) is 19.6. The van der Waals surface area contributed by atoms with Gasteiger partial charge in [0, 0.05) is 5.69 Å². The van der Waals surface area contributed by atoms with E-state index in [4.69, 9.17) is 4.74 Å². The van der Waals surface area contributed by atoms with E-state index in [-0.39, 0.29) is 18.2 Å². The van der Waals surface area contributed by atoms with Crippen LogP contribution in [0.1, 0.15) is 40.2 Å². The average molecular weight is 463 g/mol. The van der Waals surface area contributed by atoms with Crippen molar-refractivity contribution >= 4 is 44.9 Å². The van der Waals surface area contributed by atoms with E-state index in [9.17, 15) is 9.59 Å². The highest BCUT2D eigenvalue weighted by Gasteiger charge is 2.18. The van der Waals surface area contributed by atoms with E-state index in [0.717, 1.165) is 41.0 Å². The fourth-order valence-corrected chi connectivity index (χ4v) is 4.60. The summed E-state index contributed by atoms with van der Waals surface area (Å²) < 4.78 is 5.15. The van der Waals surface area contributed by atoms with Gasteiger partial charge in [-0.25, -0.2) is 0 Å². The van der Waals surface area contributed by atoms with Crippen LogP contribution in [0.4, 0.5) is 11.5 Å². The van der Waals surface area contributed by atoms with Gasteiger partial charge in [-0.2, -0.15) is 5.10 Å². The molecular weight excluding hydrogens is 436 g/mol. The topological polar surface area (TPSA) is 96.1 Å². The largest absolute Gasteiger partial charge is 0.497 e. The average Bonchev–Trinajstić information content (AvgIpc) is 3.41. The summed E-state index contributed by atoms with van der Waals surface area (Å²) in [5, 5.41) is 13.8. The van der Waals surface area contributed by atoms with E-state index < -0.39 is 0 Å². The van der Waals surface area contributed by atoms with Crippen LogP contribution in [0, 0.1) is 0 Å². The molecule has 0 unspecified atom stereocenters. The van der Waals surface area contributed by atoms with Crippen LogP contribution in [0.5, 0.6) is 5.75 Å². The number of para-hydroxylation sites is 1. The van der Waals surface area contributed by atoms with Crippen molar-refractivity contribution < 1.29 is 14.3 Å². The molecule has 3 N–H and O–H groups in total. The number of ether oxygens (including phenoxy) is 1. The summed E-state index contributed by atoms with van der Waals surface area (Å²) in [7, 11) is 1.60. The lowest BCUT2D eigenvalue weighted by molar-refractivity contribution is -0.115.